The van der Waals surface area contributed by atoms with Crippen LogP contribution in [0.4, 0.5) is 0 Å². The fourth-order valence-corrected chi connectivity index (χ4v) is 4.40. The average Bonchev–Trinajstić information content (AvgIpc) is 3.33. The summed E-state index contributed by atoms with van der Waals surface area (Å²) in [5.74, 6) is 1.92. The van der Waals surface area contributed by atoms with Crippen LogP contribution in [0.2, 0.25) is 10.0 Å². The molecule has 1 N–H and O–H groups in total. The van der Waals surface area contributed by atoms with Crippen molar-refractivity contribution >= 4 is 47.4 Å². The number of rotatable bonds is 11. The molecule has 4 rings (SSSR count). The lowest BCUT2D eigenvalue weighted by Gasteiger charge is -2.15. The molecule has 35 heavy (non-hydrogen) atoms. The number of para-hydroxylation sites is 1. The van der Waals surface area contributed by atoms with Crippen LogP contribution in [-0.2, 0) is 13.2 Å². The highest BCUT2D eigenvalue weighted by molar-refractivity contribution is 7.99. The Bertz CT molecular complexity index is 1210. The van der Waals surface area contributed by atoms with Crippen molar-refractivity contribution in [3.05, 3.63) is 87.9 Å². The molecule has 3 aromatic carbocycles. The molecular formula is C24H24Cl3N5O2S. The highest BCUT2D eigenvalue weighted by Gasteiger charge is 2.13. The zero-order valence-electron chi connectivity index (χ0n) is 18.9. The number of nitrogens with zero attached hydrogens (tertiary/aromatic N) is 4. The molecule has 11 heteroatoms. The number of thioether (sulfide) groups is 1. The average molecular weight is 553 g/mol. The number of halogens is 3. The van der Waals surface area contributed by atoms with Gasteiger partial charge in [0.15, 0.2) is 11.5 Å². The van der Waals surface area contributed by atoms with Gasteiger partial charge in [0.25, 0.3) is 0 Å². The van der Waals surface area contributed by atoms with Crippen molar-refractivity contribution in [3.8, 4) is 17.2 Å². The molecule has 0 amide bonds. The van der Waals surface area contributed by atoms with Gasteiger partial charge in [0.05, 0.1) is 17.8 Å². The highest BCUT2D eigenvalue weighted by atomic mass is 35.5. The van der Waals surface area contributed by atoms with E-state index in [0.29, 0.717) is 34.7 Å². The Morgan fingerprint density at radius 3 is 2.51 bits per heavy atom. The minimum absolute atomic E-state index is 0. The molecular weight excluding hydrogens is 529 g/mol. The monoisotopic (exact) mass is 551 g/mol. The van der Waals surface area contributed by atoms with Gasteiger partial charge in [0, 0.05) is 23.9 Å². The van der Waals surface area contributed by atoms with E-state index in [-0.39, 0.29) is 12.4 Å². The van der Waals surface area contributed by atoms with Crippen molar-refractivity contribution in [3.63, 3.8) is 0 Å². The summed E-state index contributed by atoms with van der Waals surface area (Å²) >= 11 is 14.0. The van der Waals surface area contributed by atoms with Crippen LogP contribution in [-0.4, -0.2) is 39.6 Å². The maximum Gasteiger partial charge on any atom is 0.214 e. The smallest absolute Gasteiger partial charge is 0.214 e. The summed E-state index contributed by atoms with van der Waals surface area (Å²) in [4.78, 5) is 0. The van der Waals surface area contributed by atoms with Crippen molar-refractivity contribution in [2.75, 3.05) is 19.4 Å². The molecule has 0 fully saturated rings. The third-order valence-corrected chi connectivity index (χ3v) is 6.32. The van der Waals surface area contributed by atoms with Crippen molar-refractivity contribution in [1.29, 1.82) is 0 Å². The number of hydrogen-bond acceptors (Lipinski definition) is 7. The Labute approximate surface area is 224 Å². The van der Waals surface area contributed by atoms with E-state index in [4.69, 9.17) is 32.7 Å². The Hall–Kier alpha value is -2.49. The van der Waals surface area contributed by atoms with Gasteiger partial charge in [0.2, 0.25) is 5.16 Å². The molecule has 0 aliphatic heterocycles. The summed E-state index contributed by atoms with van der Waals surface area (Å²) in [6, 6.07) is 21.1. The lowest BCUT2D eigenvalue weighted by molar-refractivity contribution is 0.284. The van der Waals surface area contributed by atoms with Crippen molar-refractivity contribution < 1.29 is 9.47 Å². The maximum atomic E-state index is 6.51. The van der Waals surface area contributed by atoms with Gasteiger partial charge in [-0.1, -0.05) is 65.3 Å². The Balaban J connectivity index is 0.00000342. The molecule has 0 aliphatic rings. The van der Waals surface area contributed by atoms with Gasteiger partial charge in [-0.25, -0.2) is 0 Å². The van der Waals surface area contributed by atoms with Gasteiger partial charge in [0.1, 0.15) is 6.61 Å². The highest BCUT2D eigenvalue weighted by Crippen LogP contribution is 2.37. The first kappa shape index (κ1) is 27.1. The Morgan fingerprint density at radius 1 is 1.00 bits per heavy atom. The molecule has 1 heterocycles. The molecule has 0 saturated carbocycles. The Morgan fingerprint density at radius 2 is 1.77 bits per heavy atom. The van der Waals surface area contributed by atoms with E-state index in [1.54, 1.807) is 23.6 Å². The topological polar surface area (TPSA) is 74.1 Å². The van der Waals surface area contributed by atoms with E-state index in [1.165, 1.54) is 0 Å². The molecule has 7 nitrogen and oxygen atoms in total. The molecule has 0 saturated heterocycles. The summed E-state index contributed by atoms with van der Waals surface area (Å²) in [5, 5.41) is 17.3. The number of nitrogens with one attached hydrogen (secondary N) is 1. The van der Waals surface area contributed by atoms with Crippen LogP contribution in [0.5, 0.6) is 11.5 Å². The predicted molar refractivity (Wildman–Crippen MR) is 143 cm³/mol. The summed E-state index contributed by atoms with van der Waals surface area (Å²) in [6.07, 6.45) is 0. The number of ether oxygens (including phenoxy) is 2. The van der Waals surface area contributed by atoms with Crippen molar-refractivity contribution in [2.24, 2.45) is 0 Å². The van der Waals surface area contributed by atoms with Crippen LogP contribution in [0.25, 0.3) is 5.69 Å². The quantitative estimate of drug-likeness (QED) is 0.184. The zero-order chi connectivity index (χ0) is 23.8. The summed E-state index contributed by atoms with van der Waals surface area (Å²) in [7, 11) is 1.60. The van der Waals surface area contributed by atoms with Gasteiger partial charge >= 0.3 is 0 Å². The molecule has 0 unspecified atom stereocenters. The number of hydrogen-bond donors (Lipinski definition) is 1. The van der Waals surface area contributed by atoms with Gasteiger partial charge in [-0.15, -0.1) is 17.5 Å². The number of methoxy groups -OCH3 is 1. The van der Waals surface area contributed by atoms with Gasteiger partial charge < -0.3 is 14.8 Å². The standard InChI is InChI=1S/C24H23Cl2N5O2S.ClH/c1-32-22-14-18(13-21(26)23(22)33-16-17-7-9-19(25)10-8-17)15-27-11-12-34-24-28-29-30-31(24)20-5-3-2-4-6-20;/h2-10,13-14,27H,11-12,15-16H2,1H3;1H. The number of aromatic nitrogens is 4. The van der Waals surface area contributed by atoms with Gasteiger partial charge in [-0.05, 0) is 58.0 Å². The molecule has 4 aromatic rings. The minimum Gasteiger partial charge on any atom is -0.493 e. The first-order chi connectivity index (χ1) is 16.6. The van der Waals surface area contributed by atoms with E-state index >= 15 is 0 Å². The first-order valence-electron chi connectivity index (χ1n) is 10.5. The summed E-state index contributed by atoms with van der Waals surface area (Å²) in [5.41, 5.74) is 2.92. The second-order valence-corrected chi connectivity index (χ2v) is 9.16. The van der Waals surface area contributed by atoms with Crippen molar-refractivity contribution in [1.82, 2.24) is 25.5 Å². The van der Waals surface area contributed by atoms with E-state index in [9.17, 15) is 0 Å². The van der Waals surface area contributed by atoms with Crippen LogP contribution < -0.4 is 14.8 Å². The lowest BCUT2D eigenvalue weighted by atomic mass is 10.2. The van der Waals surface area contributed by atoms with Crippen LogP contribution in [0, 0.1) is 0 Å². The second-order valence-electron chi connectivity index (χ2n) is 7.26. The second kappa shape index (κ2) is 13.6. The van der Waals surface area contributed by atoms with Crippen LogP contribution in [0.15, 0.2) is 71.9 Å². The SMILES string of the molecule is COc1cc(CNCCSc2nnnn2-c2ccccc2)cc(Cl)c1OCc1ccc(Cl)cc1.Cl. The molecule has 0 atom stereocenters. The third kappa shape index (κ3) is 7.49. The zero-order valence-corrected chi connectivity index (χ0v) is 22.0. The van der Waals surface area contributed by atoms with E-state index in [1.807, 2.05) is 66.7 Å². The van der Waals surface area contributed by atoms with E-state index in [2.05, 4.69) is 20.8 Å². The fraction of sp³-hybridized carbons (Fsp3) is 0.208. The van der Waals surface area contributed by atoms with Crippen LogP contribution in [0.1, 0.15) is 11.1 Å². The molecule has 0 bridgehead atoms. The molecule has 0 aliphatic carbocycles. The third-order valence-electron chi connectivity index (χ3n) is 4.87. The molecule has 0 spiro atoms. The van der Waals surface area contributed by atoms with Gasteiger partial charge in [-0.3, -0.25) is 0 Å². The molecule has 184 valence electrons. The van der Waals surface area contributed by atoms with E-state index in [0.717, 1.165) is 34.3 Å². The minimum atomic E-state index is 0. The van der Waals surface area contributed by atoms with Crippen molar-refractivity contribution in [2.45, 2.75) is 18.3 Å². The fourth-order valence-electron chi connectivity index (χ4n) is 3.20. The van der Waals surface area contributed by atoms with Gasteiger partial charge in [-0.2, -0.15) is 4.68 Å². The lowest BCUT2D eigenvalue weighted by Crippen LogP contribution is -2.17. The number of tetrazole rings is 1. The molecule has 0 radical (unpaired) electrons. The summed E-state index contributed by atoms with van der Waals surface area (Å²) < 4.78 is 13.2. The largest absolute Gasteiger partial charge is 0.493 e. The van der Waals surface area contributed by atoms with E-state index < -0.39 is 0 Å². The molecule has 1 aromatic heterocycles. The normalized spacial score (nSPS) is 10.6. The predicted octanol–water partition coefficient (Wildman–Crippen LogP) is 5.86. The summed E-state index contributed by atoms with van der Waals surface area (Å²) in [6.45, 7) is 1.77. The van der Waals surface area contributed by atoms with Crippen LogP contribution >= 0.6 is 47.4 Å². The Kier molecular flexibility index (Phi) is 10.5. The maximum absolute atomic E-state index is 6.51. The van der Waals surface area contributed by atoms with Crippen LogP contribution in [0.3, 0.4) is 0 Å². The first-order valence-corrected chi connectivity index (χ1v) is 12.3. The number of benzene rings is 3.